The second kappa shape index (κ2) is 14.5. The highest BCUT2D eigenvalue weighted by molar-refractivity contribution is 5.93. The fourth-order valence-corrected chi connectivity index (χ4v) is 5.20. The summed E-state index contributed by atoms with van der Waals surface area (Å²) in [4.78, 5) is 44.0. The van der Waals surface area contributed by atoms with Gasteiger partial charge in [-0.2, -0.15) is 0 Å². The highest BCUT2D eigenvalue weighted by atomic mass is 16.2. The minimum absolute atomic E-state index is 0.0686. The monoisotopic (exact) mass is 526 g/mol. The number of carbonyl (C=O) groups excluding carboxylic acids is 3. The van der Waals surface area contributed by atoms with Crippen molar-refractivity contribution in [1.82, 2.24) is 20.4 Å². The molecular formula is C31H50N4O3. The number of likely N-dealkylation sites (N-methyl/N-ethyl adjacent to an activating group) is 1. The Morgan fingerprint density at radius 3 is 2.13 bits per heavy atom. The van der Waals surface area contributed by atoms with Gasteiger partial charge in [-0.25, -0.2) is 0 Å². The predicted molar refractivity (Wildman–Crippen MR) is 154 cm³/mol. The molecule has 1 saturated heterocycles. The van der Waals surface area contributed by atoms with E-state index in [0.29, 0.717) is 5.57 Å². The highest BCUT2D eigenvalue weighted by Crippen LogP contribution is 2.22. The largest absolute Gasteiger partial charge is 0.346 e. The molecule has 7 heteroatoms. The lowest BCUT2D eigenvalue weighted by Gasteiger charge is -2.39. The van der Waals surface area contributed by atoms with Gasteiger partial charge in [-0.3, -0.25) is 19.3 Å². The summed E-state index contributed by atoms with van der Waals surface area (Å²) in [5.74, 6) is -0.357. The average molecular weight is 527 g/mol. The van der Waals surface area contributed by atoms with E-state index >= 15 is 0 Å². The van der Waals surface area contributed by atoms with Gasteiger partial charge in [-0.1, -0.05) is 70.5 Å². The molecule has 1 aromatic carbocycles. The molecule has 3 amide bonds. The van der Waals surface area contributed by atoms with Crippen molar-refractivity contribution in [3.8, 4) is 0 Å². The van der Waals surface area contributed by atoms with Gasteiger partial charge in [0.15, 0.2) is 0 Å². The zero-order chi connectivity index (χ0) is 28.6. The van der Waals surface area contributed by atoms with Crippen LogP contribution in [0.2, 0.25) is 0 Å². The minimum atomic E-state index is -0.634. The van der Waals surface area contributed by atoms with E-state index in [1.165, 1.54) is 0 Å². The summed E-state index contributed by atoms with van der Waals surface area (Å²) < 4.78 is 0. The Balaban J connectivity index is 2.16. The van der Waals surface area contributed by atoms with Crippen LogP contribution in [0.25, 0.3) is 0 Å². The maximum Gasteiger partial charge on any atom is 0.247 e. The minimum Gasteiger partial charge on any atom is -0.346 e. The zero-order valence-corrected chi connectivity index (χ0v) is 25.0. The van der Waals surface area contributed by atoms with Gasteiger partial charge < -0.3 is 15.5 Å². The molecule has 2 rings (SSSR count). The van der Waals surface area contributed by atoms with Crippen LogP contribution in [0.15, 0.2) is 42.0 Å². The van der Waals surface area contributed by atoms with Gasteiger partial charge in [0.05, 0.1) is 18.1 Å². The fourth-order valence-electron chi connectivity index (χ4n) is 5.20. The van der Waals surface area contributed by atoms with Crippen LogP contribution in [-0.2, 0) is 14.4 Å². The molecule has 7 nitrogen and oxygen atoms in total. The van der Waals surface area contributed by atoms with Gasteiger partial charge in [-0.15, -0.1) is 0 Å². The Morgan fingerprint density at radius 1 is 0.947 bits per heavy atom. The van der Waals surface area contributed by atoms with Crippen molar-refractivity contribution in [2.75, 3.05) is 13.6 Å². The van der Waals surface area contributed by atoms with E-state index in [1.54, 1.807) is 18.9 Å². The first kappa shape index (κ1) is 31.5. The van der Waals surface area contributed by atoms with E-state index in [2.05, 4.69) is 29.4 Å². The summed E-state index contributed by atoms with van der Waals surface area (Å²) in [5, 5.41) is 6.15. The van der Waals surface area contributed by atoms with E-state index in [4.69, 9.17) is 0 Å². The molecule has 0 bridgehead atoms. The summed E-state index contributed by atoms with van der Waals surface area (Å²) in [6, 6.07) is 8.84. The smallest absolute Gasteiger partial charge is 0.247 e. The maximum atomic E-state index is 13.7. The van der Waals surface area contributed by atoms with Crippen LogP contribution in [-0.4, -0.2) is 65.3 Å². The SMILES string of the molecule is C/C(=C\[C@H](C(C)C)N(C)C(=O)[C@@H](NC(=O)[C@H]1CCCCN1C(C)C)C(C)C)C(=O)NC(C)c1ccccc1. The number of rotatable bonds is 11. The fraction of sp³-hybridized carbons (Fsp3) is 0.645. The van der Waals surface area contributed by atoms with Crippen LogP contribution in [0.4, 0.5) is 0 Å². The number of carbonyl (C=O) groups is 3. The molecule has 2 N–H and O–H groups in total. The van der Waals surface area contributed by atoms with Crippen molar-refractivity contribution >= 4 is 17.7 Å². The number of benzene rings is 1. The first-order valence-corrected chi connectivity index (χ1v) is 14.2. The molecule has 1 aromatic rings. The first-order chi connectivity index (χ1) is 17.8. The standard InChI is InChI=1S/C31H50N4O3/c1-20(2)27(19-23(7)29(36)32-24(8)25-15-11-10-12-16-25)34(9)31(38)28(21(3)4)33-30(37)26-17-13-14-18-35(26)22(5)6/h10-12,15-16,19-22,24,26-28H,13-14,17-18H2,1-9H3,(H,32,36)(H,33,37)/b23-19+/t24?,26-,27-,28+/m1/s1. The number of piperidine rings is 1. The Kier molecular flexibility index (Phi) is 12.0. The Morgan fingerprint density at radius 2 is 1.58 bits per heavy atom. The lowest BCUT2D eigenvalue weighted by atomic mass is 9.95. The number of likely N-dealkylation sites (tertiary alicyclic amines) is 1. The Hall–Kier alpha value is -2.67. The molecule has 0 saturated carbocycles. The Labute approximate surface area is 230 Å². The van der Waals surface area contributed by atoms with Crippen molar-refractivity contribution in [1.29, 1.82) is 0 Å². The van der Waals surface area contributed by atoms with Crippen LogP contribution in [0.5, 0.6) is 0 Å². The van der Waals surface area contributed by atoms with Gasteiger partial charge in [-0.05, 0) is 64.5 Å². The third-order valence-electron chi connectivity index (χ3n) is 7.64. The highest BCUT2D eigenvalue weighted by Gasteiger charge is 2.36. The van der Waals surface area contributed by atoms with Gasteiger partial charge >= 0.3 is 0 Å². The molecule has 4 atom stereocenters. The topological polar surface area (TPSA) is 81.8 Å². The van der Waals surface area contributed by atoms with Crippen molar-refractivity contribution in [3.05, 3.63) is 47.5 Å². The molecule has 0 spiro atoms. The molecule has 0 aromatic heterocycles. The Bertz CT molecular complexity index is 957. The lowest BCUT2D eigenvalue weighted by Crippen LogP contribution is -2.58. The van der Waals surface area contributed by atoms with Crippen LogP contribution < -0.4 is 10.6 Å². The first-order valence-electron chi connectivity index (χ1n) is 14.2. The van der Waals surface area contributed by atoms with Crippen molar-refractivity contribution in [2.24, 2.45) is 11.8 Å². The molecule has 1 aliphatic heterocycles. The van der Waals surface area contributed by atoms with Gasteiger partial charge in [0.25, 0.3) is 0 Å². The number of hydrogen-bond donors (Lipinski definition) is 2. The van der Waals surface area contributed by atoms with Crippen LogP contribution >= 0.6 is 0 Å². The molecule has 212 valence electrons. The second-order valence-corrected chi connectivity index (χ2v) is 11.7. The summed E-state index contributed by atoms with van der Waals surface area (Å²) in [6.45, 7) is 16.9. The number of amides is 3. The lowest BCUT2D eigenvalue weighted by molar-refractivity contribution is -0.140. The van der Waals surface area contributed by atoms with Crippen LogP contribution in [0.3, 0.4) is 0 Å². The molecule has 1 heterocycles. The van der Waals surface area contributed by atoms with Crippen molar-refractivity contribution in [2.45, 2.75) is 105 Å². The second-order valence-electron chi connectivity index (χ2n) is 11.7. The van der Waals surface area contributed by atoms with Crippen molar-refractivity contribution in [3.63, 3.8) is 0 Å². The molecule has 0 aliphatic carbocycles. The molecule has 1 fully saturated rings. The molecular weight excluding hydrogens is 476 g/mol. The van der Waals surface area contributed by atoms with Gasteiger partial charge in [0, 0.05) is 18.7 Å². The average Bonchev–Trinajstić information content (AvgIpc) is 2.89. The van der Waals surface area contributed by atoms with Gasteiger partial charge in [0.1, 0.15) is 6.04 Å². The van der Waals surface area contributed by atoms with E-state index in [0.717, 1.165) is 31.4 Å². The quantitative estimate of drug-likeness (QED) is 0.410. The summed E-state index contributed by atoms with van der Waals surface area (Å²) in [5.41, 5.74) is 1.59. The number of nitrogens with one attached hydrogen (secondary N) is 2. The van der Waals surface area contributed by atoms with E-state index < -0.39 is 6.04 Å². The third kappa shape index (κ3) is 8.42. The number of nitrogens with zero attached hydrogens (tertiary/aromatic N) is 2. The van der Waals surface area contributed by atoms with Crippen molar-refractivity contribution < 1.29 is 14.4 Å². The summed E-state index contributed by atoms with van der Waals surface area (Å²) in [6.07, 6.45) is 4.80. The summed E-state index contributed by atoms with van der Waals surface area (Å²) >= 11 is 0. The molecule has 1 unspecified atom stereocenters. The molecule has 0 radical (unpaired) electrons. The zero-order valence-electron chi connectivity index (χ0n) is 25.0. The summed E-state index contributed by atoms with van der Waals surface area (Å²) in [7, 11) is 1.77. The third-order valence-corrected chi connectivity index (χ3v) is 7.64. The maximum absolute atomic E-state index is 13.7. The normalized spacial score (nSPS) is 19.3. The molecule has 1 aliphatic rings. The van der Waals surface area contributed by atoms with Crippen LogP contribution in [0, 0.1) is 11.8 Å². The van der Waals surface area contributed by atoms with Gasteiger partial charge in [0.2, 0.25) is 17.7 Å². The van der Waals surface area contributed by atoms with Crippen LogP contribution in [0.1, 0.15) is 86.3 Å². The predicted octanol–water partition coefficient (Wildman–Crippen LogP) is 4.70. The number of hydrogen-bond acceptors (Lipinski definition) is 4. The van der Waals surface area contributed by atoms with E-state index in [1.807, 2.05) is 71.0 Å². The molecule has 38 heavy (non-hydrogen) atoms. The van der Waals surface area contributed by atoms with E-state index in [9.17, 15) is 14.4 Å². The van der Waals surface area contributed by atoms with E-state index in [-0.39, 0.29) is 53.7 Å².